The normalized spacial score (nSPS) is 33.9. The van der Waals surface area contributed by atoms with Gasteiger partial charge in [0.05, 0.1) is 6.04 Å². The lowest BCUT2D eigenvalue weighted by Crippen LogP contribution is -2.46. The van der Waals surface area contributed by atoms with Crippen molar-refractivity contribution in [3.63, 3.8) is 0 Å². The number of alkyl carbamates (subject to hydrolysis) is 1. The van der Waals surface area contributed by atoms with Crippen molar-refractivity contribution in [1.82, 2.24) is 5.32 Å². The average Bonchev–Trinajstić information content (AvgIpc) is 2.35. The zero-order valence-corrected chi connectivity index (χ0v) is 7.98. The Balaban J connectivity index is 2.09. The van der Waals surface area contributed by atoms with Crippen LogP contribution in [-0.2, 0) is 4.74 Å². The number of alkyl halides is 2. The molecule has 80 valence electrons. The van der Waals surface area contributed by atoms with Crippen LogP contribution in [0.4, 0.5) is 13.6 Å². The summed E-state index contributed by atoms with van der Waals surface area (Å²) in [6.07, 6.45) is -0.360. The van der Waals surface area contributed by atoms with Crippen LogP contribution in [0.1, 0.15) is 32.6 Å². The van der Waals surface area contributed by atoms with Gasteiger partial charge in [0.25, 0.3) is 0 Å². The first-order chi connectivity index (χ1) is 6.44. The minimum atomic E-state index is -2.58. The molecule has 0 bridgehead atoms. The molecule has 2 fully saturated rings. The van der Waals surface area contributed by atoms with E-state index in [1.165, 1.54) is 0 Å². The Labute approximate surface area is 80.8 Å². The second-order valence-electron chi connectivity index (χ2n) is 4.18. The molecule has 1 unspecified atom stereocenters. The minimum absolute atomic E-state index is 0.161. The lowest BCUT2D eigenvalue weighted by molar-refractivity contribution is -0.0982. The topological polar surface area (TPSA) is 38.3 Å². The molecule has 2 rings (SSSR count). The summed E-state index contributed by atoms with van der Waals surface area (Å²) in [6.45, 7) is 1.80. The molecule has 0 aromatic heterocycles. The van der Waals surface area contributed by atoms with Crippen LogP contribution >= 0.6 is 0 Å². The Hall–Kier alpha value is -0.870. The van der Waals surface area contributed by atoms with Crippen molar-refractivity contribution in [2.24, 2.45) is 0 Å². The largest absolute Gasteiger partial charge is 0.441 e. The van der Waals surface area contributed by atoms with Gasteiger partial charge in [-0.15, -0.1) is 0 Å². The fourth-order valence-corrected chi connectivity index (χ4v) is 2.18. The van der Waals surface area contributed by atoms with Gasteiger partial charge >= 0.3 is 6.09 Å². The third-order valence-corrected chi connectivity index (χ3v) is 3.25. The number of rotatable bonds is 0. The van der Waals surface area contributed by atoms with Crippen LogP contribution in [0, 0.1) is 0 Å². The Kier molecular flexibility index (Phi) is 1.94. The van der Waals surface area contributed by atoms with Crippen molar-refractivity contribution >= 4 is 6.09 Å². The summed E-state index contributed by atoms with van der Waals surface area (Å²) in [7, 11) is 0. The number of nitrogens with one attached hydrogen (secondary N) is 1. The molecule has 0 radical (unpaired) electrons. The zero-order valence-electron chi connectivity index (χ0n) is 7.98. The van der Waals surface area contributed by atoms with Gasteiger partial charge in [0.2, 0.25) is 5.92 Å². The minimum Gasteiger partial charge on any atom is -0.441 e. The molecule has 1 aliphatic heterocycles. The maximum Gasteiger partial charge on any atom is 0.408 e. The van der Waals surface area contributed by atoms with Crippen molar-refractivity contribution in [3.05, 3.63) is 0 Å². The highest BCUT2D eigenvalue weighted by Gasteiger charge is 2.52. The maximum atomic E-state index is 12.9. The SMILES string of the molecule is CC1NC(=O)OC12CCC(F)(F)CC2. The van der Waals surface area contributed by atoms with Crippen molar-refractivity contribution in [3.8, 4) is 0 Å². The summed E-state index contributed by atoms with van der Waals surface area (Å²) >= 11 is 0. The van der Waals surface area contributed by atoms with Gasteiger partial charge in [0.1, 0.15) is 5.60 Å². The molecule has 1 saturated heterocycles. The lowest BCUT2D eigenvalue weighted by atomic mass is 9.79. The summed E-state index contributed by atoms with van der Waals surface area (Å²) < 4.78 is 30.9. The molecule has 14 heavy (non-hydrogen) atoms. The summed E-state index contributed by atoms with van der Waals surface area (Å²) in [5.74, 6) is -2.58. The van der Waals surface area contributed by atoms with E-state index in [1.807, 2.05) is 0 Å². The highest BCUT2D eigenvalue weighted by molar-refractivity contribution is 5.71. The van der Waals surface area contributed by atoms with Crippen LogP contribution in [-0.4, -0.2) is 23.7 Å². The zero-order chi connectivity index (χ0) is 10.4. The summed E-state index contributed by atoms with van der Waals surface area (Å²) in [4.78, 5) is 11.0. The first-order valence-corrected chi connectivity index (χ1v) is 4.81. The average molecular weight is 205 g/mol. The van der Waals surface area contributed by atoms with Crippen molar-refractivity contribution in [2.45, 2.75) is 50.2 Å². The van der Waals surface area contributed by atoms with Crippen LogP contribution in [0.15, 0.2) is 0 Å². The predicted molar refractivity (Wildman–Crippen MR) is 45.2 cm³/mol. The number of carbonyl (C=O) groups excluding carboxylic acids is 1. The van der Waals surface area contributed by atoms with E-state index >= 15 is 0 Å². The van der Waals surface area contributed by atoms with E-state index in [9.17, 15) is 13.6 Å². The fraction of sp³-hybridized carbons (Fsp3) is 0.889. The molecule has 1 spiro atoms. The molecule has 1 aliphatic carbocycles. The summed E-state index contributed by atoms with van der Waals surface area (Å²) in [6, 6.07) is -0.161. The lowest BCUT2D eigenvalue weighted by Gasteiger charge is -2.37. The van der Waals surface area contributed by atoms with E-state index in [1.54, 1.807) is 6.92 Å². The predicted octanol–water partition coefficient (Wildman–Crippen LogP) is 2.06. The first kappa shape index (κ1) is 9.68. The molecule has 1 atom stereocenters. The molecule has 5 heteroatoms. The number of hydrogen-bond acceptors (Lipinski definition) is 2. The first-order valence-electron chi connectivity index (χ1n) is 4.81. The molecule has 1 saturated carbocycles. The van der Waals surface area contributed by atoms with Crippen molar-refractivity contribution < 1.29 is 18.3 Å². The quantitative estimate of drug-likeness (QED) is 0.657. The molecule has 3 nitrogen and oxygen atoms in total. The van der Waals surface area contributed by atoms with Gasteiger partial charge in [0, 0.05) is 12.8 Å². The molecule has 1 N–H and O–H groups in total. The van der Waals surface area contributed by atoms with E-state index in [2.05, 4.69) is 5.32 Å². The van der Waals surface area contributed by atoms with E-state index in [4.69, 9.17) is 4.74 Å². The van der Waals surface area contributed by atoms with E-state index in [-0.39, 0.29) is 31.7 Å². The molecule has 1 amide bonds. The maximum absolute atomic E-state index is 12.9. The Bertz CT molecular complexity index is 258. The molecule has 2 aliphatic rings. The van der Waals surface area contributed by atoms with E-state index < -0.39 is 17.6 Å². The number of hydrogen-bond donors (Lipinski definition) is 1. The monoisotopic (exact) mass is 205 g/mol. The molecular formula is C9H13F2NO2. The van der Waals surface area contributed by atoms with Gasteiger partial charge in [-0.2, -0.15) is 0 Å². The van der Waals surface area contributed by atoms with Gasteiger partial charge in [-0.3, -0.25) is 0 Å². The fourth-order valence-electron chi connectivity index (χ4n) is 2.18. The van der Waals surface area contributed by atoms with Gasteiger partial charge in [-0.25, -0.2) is 13.6 Å². The summed E-state index contributed by atoms with van der Waals surface area (Å²) in [5, 5.41) is 2.60. The third-order valence-electron chi connectivity index (χ3n) is 3.25. The number of amides is 1. The molecular weight excluding hydrogens is 192 g/mol. The van der Waals surface area contributed by atoms with Crippen molar-refractivity contribution in [2.75, 3.05) is 0 Å². The smallest absolute Gasteiger partial charge is 0.408 e. The second-order valence-corrected chi connectivity index (χ2v) is 4.18. The Morgan fingerprint density at radius 2 is 1.93 bits per heavy atom. The van der Waals surface area contributed by atoms with Crippen LogP contribution < -0.4 is 5.32 Å². The third kappa shape index (κ3) is 1.44. The van der Waals surface area contributed by atoms with E-state index in [0.717, 1.165) is 0 Å². The van der Waals surface area contributed by atoms with Gasteiger partial charge in [0.15, 0.2) is 0 Å². The van der Waals surface area contributed by atoms with E-state index in [0.29, 0.717) is 0 Å². The van der Waals surface area contributed by atoms with Crippen LogP contribution in [0.2, 0.25) is 0 Å². The Morgan fingerprint density at radius 1 is 1.36 bits per heavy atom. The second kappa shape index (κ2) is 2.81. The van der Waals surface area contributed by atoms with Crippen LogP contribution in [0.5, 0.6) is 0 Å². The van der Waals surface area contributed by atoms with Gasteiger partial charge in [-0.05, 0) is 19.8 Å². The van der Waals surface area contributed by atoms with Gasteiger partial charge in [-0.1, -0.05) is 0 Å². The number of halogens is 2. The highest BCUT2D eigenvalue weighted by atomic mass is 19.3. The Morgan fingerprint density at radius 3 is 2.36 bits per heavy atom. The number of carbonyl (C=O) groups is 1. The molecule has 1 heterocycles. The van der Waals surface area contributed by atoms with Gasteiger partial charge < -0.3 is 10.1 Å². The molecule has 0 aromatic rings. The highest BCUT2D eigenvalue weighted by Crippen LogP contribution is 2.43. The molecule has 0 aromatic carbocycles. The standard InChI is InChI=1S/C9H13F2NO2/c1-6-8(14-7(13)12-6)2-4-9(10,11)5-3-8/h6H,2-5H2,1H3,(H,12,13). The number of ether oxygens (including phenoxy) is 1. The van der Waals surface area contributed by atoms with Crippen LogP contribution in [0.3, 0.4) is 0 Å². The van der Waals surface area contributed by atoms with Crippen molar-refractivity contribution in [1.29, 1.82) is 0 Å². The van der Waals surface area contributed by atoms with Crippen LogP contribution in [0.25, 0.3) is 0 Å². The summed E-state index contributed by atoms with van der Waals surface area (Å²) in [5.41, 5.74) is -0.682.